The first kappa shape index (κ1) is 12.7. The van der Waals surface area contributed by atoms with E-state index in [4.69, 9.17) is 4.99 Å². The summed E-state index contributed by atoms with van der Waals surface area (Å²) >= 11 is 0. The fraction of sp³-hybridized carbons (Fsp3) is 0.0556. The minimum Gasteiger partial charge on any atom is -0.508 e. The van der Waals surface area contributed by atoms with Gasteiger partial charge in [-0.15, -0.1) is 0 Å². The summed E-state index contributed by atoms with van der Waals surface area (Å²) in [6.45, 7) is 0.630. The number of fused-ring (bicyclic) bond motifs is 1. The van der Waals surface area contributed by atoms with Crippen LogP contribution in [0.3, 0.4) is 0 Å². The SMILES string of the molecule is Oc1cccc(C2=Nc3c(-c4ccccc4)c[nH]c3NC2)c1. The molecule has 3 aromatic rings. The summed E-state index contributed by atoms with van der Waals surface area (Å²) < 4.78 is 0. The van der Waals surface area contributed by atoms with E-state index in [1.54, 1.807) is 12.1 Å². The molecule has 1 aliphatic rings. The summed E-state index contributed by atoms with van der Waals surface area (Å²) in [6, 6.07) is 17.4. The van der Waals surface area contributed by atoms with Crippen LogP contribution in [0.2, 0.25) is 0 Å². The number of nitrogens with one attached hydrogen (secondary N) is 2. The average Bonchev–Trinajstić information content (AvgIpc) is 2.99. The van der Waals surface area contributed by atoms with Crippen molar-refractivity contribution in [2.75, 3.05) is 11.9 Å². The van der Waals surface area contributed by atoms with Crippen LogP contribution in [0.15, 0.2) is 65.8 Å². The number of aromatic nitrogens is 1. The van der Waals surface area contributed by atoms with Crippen molar-refractivity contribution in [1.82, 2.24) is 4.98 Å². The Morgan fingerprint density at radius 1 is 0.955 bits per heavy atom. The molecule has 4 rings (SSSR count). The molecule has 0 fully saturated rings. The molecule has 0 aliphatic carbocycles. The Bertz CT molecular complexity index is 850. The summed E-state index contributed by atoms with van der Waals surface area (Å²) in [7, 11) is 0. The van der Waals surface area contributed by atoms with Crippen molar-refractivity contribution >= 4 is 17.2 Å². The Balaban J connectivity index is 1.81. The Kier molecular flexibility index (Phi) is 2.93. The number of H-pyrrole nitrogens is 1. The fourth-order valence-corrected chi connectivity index (χ4v) is 2.70. The second-order valence-electron chi connectivity index (χ2n) is 5.25. The minimum absolute atomic E-state index is 0.253. The lowest BCUT2D eigenvalue weighted by molar-refractivity contribution is 0.475. The first-order valence-electron chi connectivity index (χ1n) is 7.19. The zero-order valence-corrected chi connectivity index (χ0v) is 11.9. The number of benzene rings is 2. The van der Waals surface area contributed by atoms with E-state index in [2.05, 4.69) is 22.4 Å². The highest BCUT2D eigenvalue weighted by Gasteiger charge is 2.18. The molecule has 2 aromatic carbocycles. The number of hydrogen-bond donors (Lipinski definition) is 3. The number of aliphatic imine (C=N–C) groups is 1. The Hall–Kier alpha value is -3.01. The summed E-state index contributed by atoms with van der Waals surface area (Å²) in [5.41, 5.74) is 4.96. The molecule has 4 nitrogen and oxygen atoms in total. The monoisotopic (exact) mass is 289 g/mol. The number of phenolic OH excluding ortho intramolecular Hbond substituents is 1. The summed E-state index contributed by atoms with van der Waals surface area (Å²) in [5.74, 6) is 1.19. The maximum Gasteiger partial charge on any atom is 0.130 e. The second kappa shape index (κ2) is 5.07. The molecule has 0 atom stereocenters. The lowest BCUT2D eigenvalue weighted by Crippen LogP contribution is -2.18. The molecule has 22 heavy (non-hydrogen) atoms. The summed E-state index contributed by atoms with van der Waals surface area (Å²) in [4.78, 5) is 8.05. The van der Waals surface area contributed by atoms with Gasteiger partial charge in [0.2, 0.25) is 0 Å². The van der Waals surface area contributed by atoms with Gasteiger partial charge in [-0.25, -0.2) is 4.99 Å². The van der Waals surface area contributed by atoms with Crippen LogP contribution in [-0.2, 0) is 0 Å². The zero-order valence-electron chi connectivity index (χ0n) is 11.9. The van der Waals surface area contributed by atoms with Crippen LogP contribution < -0.4 is 5.32 Å². The molecule has 0 unspecified atom stereocenters. The Morgan fingerprint density at radius 2 is 1.77 bits per heavy atom. The molecule has 0 saturated heterocycles. The van der Waals surface area contributed by atoms with E-state index in [0.717, 1.165) is 33.9 Å². The van der Waals surface area contributed by atoms with E-state index in [1.165, 1.54) is 0 Å². The molecule has 1 aliphatic heterocycles. The van der Waals surface area contributed by atoms with Gasteiger partial charge in [0.15, 0.2) is 0 Å². The van der Waals surface area contributed by atoms with Gasteiger partial charge >= 0.3 is 0 Å². The van der Waals surface area contributed by atoms with Crippen LogP contribution in [0.4, 0.5) is 11.5 Å². The van der Waals surface area contributed by atoms with Crippen molar-refractivity contribution in [3.63, 3.8) is 0 Å². The molecular weight excluding hydrogens is 274 g/mol. The van der Waals surface area contributed by atoms with Gasteiger partial charge in [0.05, 0.1) is 12.3 Å². The van der Waals surface area contributed by atoms with Gasteiger partial charge < -0.3 is 15.4 Å². The maximum absolute atomic E-state index is 9.65. The number of nitrogens with zero attached hydrogens (tertiary/aromatic N) is 1. The second-order valence-corrected chi connectivity index (χ2v) is 5.25. The average molecular weight is 289 g/mol. The van der Waals surface area contributed by atoms with Crippen LogP contribution in [-0.4, -0.2) is 22.3 Å². The van der Waals surface area contributed by atoms with Gasteiger partial charge in [-0.1, -0.05) is 42.5 Å². The molecule has 0 spiro atoms. The van der Waals surface area contributed by atoms with Gasteiger partial charge in [0.1, 0.15) is 17.3 Å². The third kappa shape index (κ3) is 2.15. The highest BCUT2D eigenvalue weighted by Crippen LogP contribution is 2.38. The van der Waals surface area contributed by atoms with E-state index >= 15 is 0 Å². The predicted molar refractivity (Wildman–Crippen MR) is 89.0 cm³/mol. The van der Waals surface area contributed by atoms with Crippen molar-refractivity contribution < 1.29 is 5.11 Å². The van der Waals surface area contributed by atoms with Crippen LogP contribution in [0.5, 0.6) is 5.75 Å². The van der Waals surface area contributed by atoms with Crippen molar-refractivity contribution in [1.29, 1.82) is 0 Å². The standard InChI is InChI=1S/C18H15N3O/c22-14-8-4-7-13(9-14)16-11-20-18-17(21-16)15(10-19-18)12-5-2-1-3-6-12/h1-10,19-20,22H,11H2. The van der Waals surface area contributed by atoms with Crippen molar-refractivity contribution in [3.05, 3.63) is 66.4 Å². The largest absolute Gasteiger partial charge is 0.508 e. The molecule has 0 bridgehead atoms. The van der Waals surface area contributed by atoms with Crippen LogP contribution >= 0.6 is 0 Å². The van der Waals surface area contributed by atoms with Crippen LogP contribution in [0, 0.1) is 0 Å². The van der Waals surface area contributed by atoms with Crippen LogP contribution in [0.25, 0.3) is 11.1 Å². The summed E-state index contributed by atoms with van der Waals surface area (Å²) in [5, 5.41) is 13.0. The smallest absolute Gasteiger partial charge is 0.130 e. The van der Waals surface area contributed by atoms with Gasteiger partial charge in [-0.2, -0.15) is 0 Å². The molecule has 0 amide bonds. The third-order valence-electron chi connectivity index (χ3n) is 3.80. The molecule has 4 heteroatoms. The minimum atomic E-state index is 0.253. The normalized spacial score (nSPS) is 13.2. The highest BCUT2D eigenvalue weighted by molar-refractivity contribution is 6.08. The number of phenols is 1. The van der Waals surface area contributed by atoms with Crippen molar-refractivity contribution in [3.8, 4) is 16.9 Å². The predicted octanol–water partition coefficient (Wildman–Crippen LogP) is 3.93. The summed E-state index contributed by atoms with van der Waals surface area (Å²) in [6.07, 6.45) is 1.97. The Morgan fingerprint density at radius 3 is 2.59 bits per heavy atom. The molecule has 3 N–H and O–H groups in total. The van der Waals surface area contributed by atoms with Gasteiger partial charge in [-0.05, 0) is 17.7 Å². The maximum atomic E-state index is 9.65. The zero-order chi connectivity index (χ0) is 14.9. The number of aromatic hydroxyl groups is 1. The van der Waals surface area contributed by atoms with E-state index in [1.807, 2.05) is 36.5 Å². The van der Waals surface area contributed by atoms with E-state index in [9.17, 15) is 5.11 Å². The lowest BCUT2D eigenvalue weighted by Gasteiger charge is -2.16. The molecule has 0 saturated carbocycles. The first-order chi connectivity index (χ1) is 10.8. The van der Waals surface area contributed by atoms with E-state index in [0.29, 0.717) is 6.54 Å². The molecule has 2 heterocycles. The topological polar surface area (TPSA) is 60.4 Å². The fourth-order valence-electron chi connectivity index (χ4n) is 2.70. The van der Waals surface area contributed by atoms with Crippen molar-refractivity contribution in [2.45, 2.75) is 0 Å². The molecule has 108 valence electrons. The number of anilines is 1. The van der Waals surface area contributed by atoms with Gasteiger partial charge in [0.25, 0.3) is 0 Å². The van der Waals surface area contributed by atoms with Gasteiger partial charge in [0, 0.05) is 17.3 Å². The van der Waals surface area contributed by atoms with E-state index in [-0.39, 0.29) is 5.75 Å². The van der Waals surface area contributed by atoms with Crippen molar-refractivity contribution in [2.24, 2.45) is 4.99 Å². The molecular formula is C18H15N3O. The number of rotatable bonds is 2. The van der Waals surface area contributed by atoms with Crippen LogP contribution in [0.1, 0.15) is 5.56 Å². The number of hydrogen-bond acceptors (Lipinski definition) is 3. The quantitative estimate of drug-likeness (QED) is 0.669. The highest BCUT2D eigenvalue weighted by atomic mass is 16.3. The molecule has 0 radical (unpaired) electrons. The lowest BCUT2D eigenvalue weighted by atomic mass is 10.1. The Labute approximate surface area is 128 Å². The number of aromatic amines is 1. The third-order valence-corrected chi connectivity index (χ3v) is 3.80. The molecule has 1 aromatic heterocycles. The first-order valence-corrected chi connectivity index (χ1v) is 7.19. The van der Waals surface area contributed by atoms with Gasteiger partial charge in [-0.3, -0.25) is 0 Å². The van der Waals surface area contributed by atoms with E-state index < -0.39 is 0 Å².